The smallest absolute Gasteiger partial charge is 0.376 e. The maximum Gasteiger partial charge on any atom is 0.376 e. The van der Waals surface area contributed by atoms with Gasteiger partial charge in [0.05, 0.1) is 7.11 Å². The fourth-order valence-electron chi connectivity index (χ4n) is 1.97. The number of methoxy groups -OCH3 is 1. The molecule has 0 atom stereocenters. The normalized spacial score (nSPS) is 16.2. The summed E-state index contributed by atoms with van der Waals surface area (Å²) in [4.78, 5) is 22.0. The van der Waals surface area contributed by atoms with Gasteiger partial charge in [0.2, 0.25) is 5.82 Å². The van der Waals surface area contributed by atoms with Crippen LogP contribution in [0.3, 0.4) is 0 Å². The molecule has 1 aromatic heterocycles. The van der Waals surface area contributed by atoms with Crippen molar-refractivity contribution in [1.82, 2.24) is 15.3 Å². The van der Waals surface area contributed by atoms with E-state index >= 15 is 0 Å². The number of rotatable bonds is 2. The number of carbonyl (C=O) groups excluding carboxylic acids is 1. The van der Waals surface area contributed by atoms with Crippen molar-refractivity contribution < 1.29 is 9.53 Å². The van der Waals surface area contributed by atoms with Gasteiger partial charge < -0.3 is 15.0 Å². The van der Waals surface area contributed by atoms with Gasteiger partial charge in [-0.1, -0.05) is 0 Å². The van der Waals surface area contributed by atoms with Crippen LogP contribution in [0.1, 0.15) is 22.7 Å². The number of anilines is 1. The molecule has 0 spiro atoms. The number of hydrogen-bond acceptors (Lipinski definition) is 6. The predicted octanol–water partition coefficient (Wildman–Crippen LogP) is 0.371. The molecule has 0 unspecified atom stereocenters. The minimum absolute atomic E-state index is 0.129. The van der Waals surface area contributed by atoms with Crippen molar-refractivity contribution in [3.8, 4) is 0 Å². The van der Waals surface area contributed by atoms with Crippen molar-refractivity contribution in [2.75, 3.05) is 38.2 Å². The molecule has 0 aromatic carbocycles. The first-order chi connectivity index (χ1) is 8.70. The molecule has 98 valence electrons. The Labute approximate surface area is 106 Å². The van der Waals surface area contributed by atoms with Gasteiger partial charge in [0.1, 0.15) is 5.82 Å². The highest BCUT2D eigenvalue weighted by Crippen LogP contribution is 2.14. The highest BCUT2D eigenvalue weighted by Gasteiger charge is 2.16. The number of nitrogens with zero attached hydrogens (tertiary/aromatic N) is 3. The molecule has 0 saturated carbocycles. The largest absolute Gasteiger partial charge is 0.463 e. The molecule has 6 heteroatoms. The molecule has 0 aliphatic carbocycles. The van der Waals surface area contributed by atoms with E-state index in [0.29, 0.717) is 0 Å². The van der Waals surface area contributed by atoms with Crippen LogP contribution in [0.4, 0.5) is 5.82 Å². The lowest BCUT2D eigenvalue weighted by Gasteiger charge is -2.21. The summed E-state index contributed by atoms with van der Waals surface area (Å²) in [5.74, 6) is 0.434. The molecule has 18 heavy (non-hydrogen) atoms. The average molecular weight is 250 g/mol. The van der Waals surface area contributed by atoms with Crippen LogP contribution in [0.25, 0.3) is 0 Å². The van der Waals surface area contributed by atoms with Gasteiger partial charge in [-0.25, -0.2) is 14.8 Å². The van der Waals surface area contributed by atoms with E-state index in [1.807, 2.05) is 13.0 Å². The fraction of sp³-hybridized carbons (Fsp3) is 0.583. The number of nitrogens with one attached hydrogen (secondary N) is 1. The molecule has 1 fully saturated rings. The van der Waals surface area contributed by atoms with Crippen LogP contribution in [-0.4, -0.2) is 49.2 Å². The van der Waals surface area contributed by atoms with E-state index in [-0.39, 0.29) is 5.82 Å². The summed E-state index contributed by atoms with van der Waals surface area (Å²) >= 11 is 0. The molecule has 6 nitrogen and oxygen atoms in total. The Morgan fingerprint density at radius 2 is 2.22 bits per heavy atom. The number of ether oxygens (including phenoxy) is 1. The zero-order valence-corrected chi connectivity index (χ0v) is 10.8. The lowest BCUT2D eigenvalue weighted by Crippen LogP contribution is -2.29. The third-order valence-electron chi connectivity index (χ3n) is 2.87. The average Bonchev–Trinajstić information content (AvgIpc) is 2.66. The first-order valence-corrected chi connectivity index (χ1v) is 6.10. The summed E-state index contributed by atoms with van der Waals surface area (Å²) in [5, 5.41) is 3.33. The van der Waals surface area contributed by atoms with Crippen LogP contribution in [-0.2, 0) is 4.74 Å². The van der Waals surface area contributed by atoms with Crippen LogP contribution in [0.5, 0.6) is 0 Å². The minimum atomic E-state index is -0.493. The maximum absolute atomic E-state index is 11.5. The summed E-state index contributed by atoms with van der Waals surface area (Å²) in [5.41, 5.74) is 0.776. The molecule has 1 aliphatic heterocycles. The number of carbonyl (C=O) groups is 1. The molecular formula is C12H18N4O2. The Morgan fingerprint density at radius 1 is 1.39 bits per heavy atom. The van der Waals surface area contributed by atoms with Crippen molar-refractivity contribution in [1.29, 1.82) is 0 Å². The first-order valence-electron chi connectivity index (χ1n) is 6.10. The summed E-state index contributed by atoms with van der Waals surface area (Å²) in [6.45, 7) is 5.62. The van der Waals surface area contributed by atoms with Crippen LogP contribution < -0.4 is 10.2 Å². The SMILES string of the molecule is COC(=O)c1nc(C)cc(N2CCCNCC2)n1. The highest BCUT2D eigenvalue weighted by molar-refractivity contribution is 5.85. The number of aryl methyl sites for hydroxylation is 1. The zero-order chi connectivity index (χ0) is 13.0. The Kier molecular flexibility index (Phi) is 4.09. The van der Waals surface area contributed by atoms with Crippen molar-refractivity contribution in [2.45, 2.75) is 13.3 Å². The zero-order valence-electron chi connectivity index (χ0n) is 10.8. The maximum atomic E-state index is 11.5. The monoisotopic (exact) mass is 250 g/mol. The quantitative estimate of drug-likeness (QED) is 0.765. The van der Waals surface area contributed by atoms with Gasteiger partial charge in [0.25, 0.3) is 0 Å². The third-order valence-corrected chi connectivity index (χ3v) is 2.87. The van der Waals surface area contributed by atoms with E-state index < -0.39 is 5.97 Å². The topological polar surface area (TPSA) is 67.3 Å². The van der Waals surface area contributed by atoms with Crippen molar-refractivity contribution >= 4 is 11.8 Å². The highest BCUT2D eigenvalue weighted by atomic mass is 16.5. The summed E-state index contributed by atoms with van der Waals surface area (Å²) < 4.78 is 4.66. The van der Waals surface area contributed by atoms with E-state index in [1.165, 1.54) is 7.11 Å². The van der Waals surface area contributed by atoms with E-state index in [1.54, 1.807) is 0 Å². The molecule has 1 aliphatic rings. The first kappa shape index (κ1) is 12.8. The molecule has 2 rings (SSSR count). The van der Waals surface area contributed by atoms with Crippen LogP contribution >= 0.6 is 0 Å². The minimum Gasteiger partial charge on any atom is -0.463 e. The van der Waals surface area contributed by atoms with E-state index in [0.717, 1.165) is 44.1 Å². The summed E-state index contributed by atoms with van der Waals surface area (Å²) in [6.07, 6.45) is 1.07. The fourth-order valence-corrected chi connectivity index (χ4v) is 1.97. The molecule has 1 aromatic rings. The van der Waals surface area contributed by atoms with Gasteiger partial charge in [-0.15, -0.1) is 0 Å². The van der Waals surface area contributed by atoms with Crippen molar-refractivity contribution in [3.05, 3.63) is 17.6 Å². The van der Waals surface area contributed by atoms with Crippen LogP contribution in [0.15, 0.2) is 6.07 Å². The van der Waals surface area contributed by atoms with Crippen molar-refractivity contribution in [3.63, 3.8) is 0 Å². The Bertz CT molecular complexity index is 428. The molecule has 2 heterocycles. The second-order valence-corrected chi connectivity index (χ2v) is 4.27. The Balaban J connectivity index is 2.26. The number of aromatic nitrogens is 2. The van der Waals surface area contributed by atoms with Gasteiger partial charge >= 0.3 is 5.97 Å². The molecule has 0 amide bonds. The standard InChI is InChI=1S/C12H18N4O2/c1-9-8-10(15-11(14-9)12(17)18-2)16-6-3-4-13-5-7-16/h8,13H,3-7H2,1-2H3. The predicted molar refractivity (Wildman–Crippen MR) is 67.8 cm³/mol. The lowest BCUT2D eigenvalue weighted by atomic mass is 10.3. The molecule has 1 N–H and O–H groups in total. The second kappa shape index (κ2) is 5.77. The van der Waals surface area contributed by atoms with E-state index in [4.69, 9.17) is 0 Å². The van der Waals surface area contributed by atoms with Gasteiger partial charge in [-0.05, 0) is 19.9 Å². The van der Waals surface area contributed by atoms with Crippen molar-refractivity contribution in [2.24, 2.45) is 0 Å². The van der Waals surface area contributed by atoms with Crippen LogP contribution in [0, 0.1) is 6.92 Å². The Morgan fingerprint density at radius 3 is 3.00 bits per heavy atom. The van der Waals surface area contributed by atoms with E-state index in [9.17, 15) is 4.79 Å². The van der Waals surface area contributed by atoms with Gasteiger partial charge in [0, 0.05) is 31.4 Å². The lowest BCUT2D eigenvalue weighted by molar-refractivity contribution is 0.0586. The molecule has 1 saturated heterocycles. The second-order valence-electron chi connectivity index (χ2n) is 4.27. The molecule has 0 bridgehead atoms. The summed E-state index contributed by atoms with van der Waals surface area (Å²) in [7, 11) is 1.34. The van der Waals surface area contributed by atoms with Gasteiger partial charge in [0.15, 0.2) is 0 Å². The third kappa shape index (κ3) is 2.95. The number of esters is 1. The number of hydrogen-bond donors (Lipinski definition) is 1. The van der Waals surface area contributed by atoms with Crippen LogP contribution in [0.2, 0.25) is 0 Å². The Hall–Kier alpha value is -1.69. The van der Waals surface area contributed by atoms with Gasteiger partial charge in [-0.2, -0.15) is 0 Å². The van der Waals surface area contributed by atoms with E-state index in [2.05, 4.69) is 24.9 Å². The summed E-state index contributed by atoms with van der Waals surface area (Å²) in [6, 6.07) is 1.90. The van der Waals surface area contributed by atoms with Gasteiger partial charge in [-0.3, -0.25) is 0 Å². The molecular weight excluding hydrogens is 232 g/mol. The molecule has 0 radical (unpaired) electrons.